The average molecular weight is 518 g/mol. The Morgan fingerprint density at radius 3 is 2.61 bits per heavy atom. The van der Waals surface area contributed by atoms with Gasteiger partial charge in [0.05, 0.1) is 19.3 Å². The maximum Gasteiger partial charge on any atom is 0.244 e. The molecule has 5 rings (SSSR count). The summed E-state index contributed by atoms with van der Waals surface area (Å²) < 4.78 is 46.6. The highest BCUT2D eigenvalue weighted by molar-refractivity contribution is 7.89. The predicted octanol–water partition coefficient (Wildman–Crippen LogP) is 1.56. The number of fused-ring (bicyclic) bond motifs is 2. The van der Waals surface area contributed by atoms with Crippen molar-refractivity contribution in [2.75, 3.05) is 53.6 Å². The lowest BCUT2D eigenvalue weighted by Crippen LogP contribution is -2.47. The lowest BCUT2D eigenvalue weighted by molar-refractivity contribution is 0.0380. The van der Waals surface area contributed by atoms with Crippen molar-refractivity contribution in [3.8, 4) is 22.6 Å². The molecule has 36 heavy (non-hydrogen) atoms. The van der Waals surface area contributed by atoms with Gasteiger partial charge in [0.15, 0.2) is 0 Å². The molecule has 0 radical (unpaired) electrons. The van der Waals surface area contributed by atoms with Gasteiger partial charge in [-0.05, 0) is 55.3 Å². The highest BCUT2D eigenvalue weighted by Crippen LogP contribution is 2.35. The van der Waals surface area contributed by atoms with Crippen molar-refractivity contribution in [1.82, 2.24) is 14.5 Å². The zero-order chi connectivity index (χ0) is 25.3. The molecule has 0 amide bonds. The Kier molecular flexibility index (Phi) is 7.52. The molecular formula is C26H35N3O6S. The van der Waals surface area contributed by atoms with Gasteiger partial charge < -0.3 is 19.3 Å². The largest absolute Gasteiger partial charge is 0.497 e. The molecule has 10 heteroatoms. The fraction of sp³-hybridized carbons (Fsp3) is 0.538. The summed E-state index contributed by atoms with van der Waals surface area (Å²) in [4.78, 5) is 4.61. The topological polar surface area (TPSA) is 101 Å². The van der Waals surface area contributed by atoms with Crippen LogP contribution in [0, 0.1) is 0 Å². The number of hydrogen-bond donors (Lipinski definition) is 2. The van der Waals surface area contributed by atoms with E-state index in [1.54, 1.807) is 25.3 Å². The van der Waals surface area contributed by atoms with E-state index in [1.807, 2.05) is 31.3 Å². The summed E-state index contributed by atoms with van der Waals surface area (Å²) >= 11 is 0. The molecule has 2 aromatic rings. The van der Waals surface area contributed by atoms with E-state index >= 15 is 0 Å². The summed E-state index contributed by atoms with van der Waals surface area (Å²) in [5, 5.41) is 10.6. The predicted molar refractivity (Wildman–Crippen MR) is 136 cm³/mol. The van der Waals surface area contributed by atoms with Crippen molar-refractivity contribution in [3.05, 3.63) is 42.5 Å². The number of β-amino-alcohol motifs (C(OH)–C–C–N with tert-alkyl or cyclic N) is 1. The van der Waals surface area contributed by atoms with E-state index in [0.717, 1.165) is 49.5 Å². The summed E-state index contributed by atoms with van der Waals surface area (Å²) in [7, 11) is -0.304. The molecule has 2 aromatic carbocycles. The van der Waals surface area contributed by atoms with Gasteiger partial charge in [0.1, 0.15) is 22.5 Å². The van der Waals surface area contributed by atoms with Crippen molar-refractivity contribution in [3.63, 3.8) is 0 Å². The smallest absolute Gasteiger partial charge is 0.244 e. The maximum atomic E-state index is 13.2. The van der Waals surface area contributed by atoms with Gasteiger partial charge in [0.2, 0.25) is 10.0 Å². The third-order valence-corrected chi connectivity index (χ3v) is 8.92. The van der Waals surface area contributed by atoms with Crippen LogP contribution in [0.15, 0.2) is 47.4 Å². The number of nitrogens with one attached hydrogen (secondary N) is 1. The quantitative estimate of drug-likeness (QED) is 0.633. The second-order valence-electron chi connectivity index (χ2n) is 9.86. The van der Waals surface area contributed by atoms with Crippen molar-refractivity contribution < 1.29 is 27.7 Å². The van der Waals surface area contributed by atoms with Crippen molar-refractivity contribution in [2.24, 2.45) is 0 Å². The Balaban J connectivity index is 1.53. The van der Waals surface area contributed by atoms with Crippen LogP contribution in [0.25, 0.3) is 11.1 Å². The van der Waals surface area contributed by atoms with Crippen LogP contribution in [0.5, 0.6) is 11.5 Å². The van der Waals surface area contributed by atoms with E-state index in [0.29, 0.717) is 24.9 Å². The zero-order valence-electron chi connectivity index (χ0n) is 20.8. The summed E-state index contributed by atoms with van der Waals surface area (Å²) in [6, 6.07) is 13.2. The van der Waals surface area contributed by atoms with Gasteiger partial charge >= 0.3 is 0 Å². The fourth-order valence-electron chi connectivity index (χ4n) is 5.46. The molecule has 0 saturated carbocycles. The number of nitrogens with zero attached hydrogens (tertiary/aromatic N) is 2. The first kappa shape index (κ1) is 25.4. The molecule has 2 N–H and O–H groups in total. The number of sulfonamides is 1. The Bertz CT molecular complexity index is 1170. The van der Waals surface area contributed by atoms with Crippen molar-refractivity contribution in [2.45, 2.75) is 42.0 Å². The molecule has 0 unspecified atom stereocenters. The van der Waals surface area contributed by atoms with E-state index in [1.165, 1.54) is 0 Å². The van der Waals surface area contributed by atoms with Crippen LogP contribution in [0.2, 0.25) is 0 Å². The van der Waals surface area contributed by atoms with Gasteiger partial charge in [-0.2, -0.15) is 0 Å². The second-order valence-corrected chi connectivity index (χ2v) is 11.6. The molecular weight excluding hydrogens is 482 g/mol. The minimum atomic E-state index is -3.89. The number of aliphatic hydroxyl groups is 1. The van der Waals surface area contributed by atoms with Crippen molar-refractivity contribution >= 4 is 10.0 Å². The SMILES string of the molecule is COc1cccc(-c2ccc3c(c2)O[C@H]2CN(C4CCOCC4)C[C@H]2N(C)C[C@@H](O)CNS3(=O)=O)c1. The van der Waals surface area contributed by atoms with Crippen LogP contribution in [0.4, 0.5) is 0 Å². The number of hydrogen-bond acceptors (Lipinski definition) is 8. The fourth-order valence-corrected chi connectivity index (χ4v) is 6.64. The molecule has 3 aliphatic rings. The first-order valence-corrected chi connectivity index (χ1v) is 14.0. The van der Waals surface area contributed by atoms with Gasteiger partial charge in [0, 0.05) is 45.4 Å². The van der Waals surface area contributed by atoms with E-state index in [4.69, 9.17) is 14.2 Å². The molecule has 3 aliphatic heterocycles. The summed E-state index contributed by atoms with van der Waals surface area (Å²) in [5.74, 6) is 1.04. The van der Waals surface area contributed by atoms with Gasteiger partial charge in [0.25, 0.3) is 0 Å². The van der Waals surface area contributed by atoms with Gasteiger partial charge in [-0.15, -0.1) is 0 Å². The third kappa shape index (κ3) is 5.39. The third-order valence-electron chi connectivity index (χ3n) is 7.46. The number of benzene rings is 2. The maximum absolute atomic E-state index is 13.2. The van der Waals surface area contributed by atoms with Crippen LogP contribution in [-0.2, 0) is 14.8 Å². The number of aliphatic hydroxyl groups excluding tert-OH is 1. The molecule has 2 fully saturated rings. The Hall–Kier alpha value is -2.21. The molecule has 9 nitrogen and oxygen atoms in total. The monoisotopic (exact) mass is 517 g/mol. The number of ether oxygens (including phenoxy) is 3. The molecule has 0 bridgehead atoms. The minimum absolute atomic E-state index is 0.0108. The summed E-state index contributed by atoms with van der Waals surface area (Å²) in [5.41, 5.74) is 1.74. The molecule has 196 valence electrons. The average Bonchev–Trinajstić information content (AvgIpc) is 3.31. The number of likely N-dealkylation sites (tertiary alicyclic amines) is 1. The highest BCUT2D eigenvalue weighted by atomic mass is 32.2. The first-order chi connectivity index (χ1) is 17.3. The highest BCUT2D eigenvalue weighted by Gasteiger charge is 2.41. The normalized spacial score (nSPS) is 27.9. The van der Waals surface area contributed by atoms with Crippen LogP contribution >= 0.6 is 0 Å². The van der Waals surface area contributed by atoms with Crippen LogP contribution in [0.1, 0.15) is 12.8 Å². The van der Waals surface area contributed by atoms with Crippen LogP contribution in [0.3, 0.4) is 0 Å². The molecule has 0 aromatic heterocycles. The zero-order valence-corrected chi connectivity index (χ0v) is 21.6. The Morgan fingerprint density at radius 1 is 1.06 bits per heavy atom. The molecule has 3 heterocycles. The van der Waals surface area contributed by atoms with Gasteiger partial charge in [-0.3, -0.25) is 9.80 Å². The van der Waals surface area contributed by atoms with Crippen molar-refractivity contribution in [1.29, 1.82) is 0 Å². The van der Waals surface area contributed by atoms with E-state index in [9.17, 15) is 13.5 Å². The first-order valence-electron chi connectivity index (χ1n) is 12.5. The number of methoxy groups -OCH3 is 1. The van der Waals surface area contributed by atoms with Gasteiger partial charge in [-0.1, -0.05) is 18.2 Å². The van der Waals surface area contributed by atoms with Gasteiger partial charge in [-0.25, -0.2) is 13.1 Å². The number of likely N-dealkylation sites (N-methyl/N-ethyl adjacent to an activating group) is 1. The van der Waals surface area contributed by atoms with E-state index < -0.39 is 16.1 Å². The van der Waals surface area contributed by atoms with Crippen LogP contribution < -0.4 is 14.2 Å². The lowest BCUT2D eigenvalue weighted by atomic mass is 10.1. The summed E-state index contributed by atoms with van der Waals surface area (Å²) in [6.45, 7) is 3.27. The molecule has 0 aliphatic carbocycles. The standard InChI is InChI=1S/C26H35N3O6S/c1-28-15-21(30)14-27-36(31,32)26-7-6-19(18-4-3-5-22(12-18)33-2)13-24(26)35-25-17-29(16-23(25)28)20-8-10-34-11-9-20/h3-7,12-13,20-21,23,25,27,30H,8-11,14-17H2,1-2H3/t21-,23+,25-/m0/s1. The summed E-state index contributed by atoms with van der Waals surface area (Å²) in [6.07, 6.45) is 0.860. The number of rotatable bonds is 3. The van der Waals surface area contributed by atoms with E-state index in [2.05, 4.69) is 14.5 Å². The second kappa shape index (κ2) is 10.6. The van der Waals surface area contributed by atoms with E-state index in [-0.39, 0.29) is 23.6 Å². The molecule has 3 atom stereocenters. The minimum Gasteiger partial charge on any atom is -0.497 e. The molecule has 0 spiro atoms. The lowest BCUT2D eigenvalue weighted by Gasteiger charge is -2.32. The molecule has 2 saturated heterocycles. The Morgan fingerprint density at radius 2 is 1.83 bits per heavy atom. The Labute approximate surface area is 213 Å². The van der Waals surface area contributed by atoms with Crippen LogP contribution in [-0.4, -0.2) is 101 Å².